The van der Waals surface area contributed by atoms with E-state index in [1.54, 1.807) is 6.20 Å². The molecule has 128 valence electrons. The number of aryl methyl sites for hydroxylation is 1. The van der Waals surface area contributed by atoms with Crippen LogP contribution in [0.1, 0.15) is 40.5 Å². The van der Waals surface area contributed by atoms with Crippen molar-refractivity contribution in [2.24, 2.45) is 0 Å². The number of carbonyl (C=O) groups is 1. The molecule has 0 amide bonds. The summed E-state index contributed by atoms with van der Waals surface area (Å²) in [6.07, 6.45) is 3.25. The van der Waals surface area contributed by atoms with E-state index < -0.39 is 0 Å². The van der Waals surface area contributed by atoms with Crippen molar-refractivity contribution in [2.75, 3.05) is 13.6 Å². The minimum Gasteiger partial charge on any atom is -0.302 e. The number of hydrogen-bond acceptors (Lipinski definition) is 3. The quantitative estimate of drug-likeness (QED) is 0.682. The summed E-state index contributed by atoms with van der Waals surface area (Å²) in [5.41, 5.74) is 5.90. The molecule has 3 aromatic rings. The van der Waals surface area contributed by atoms with Gasteiger partial charge in [0.2, 0.25) is 0 Å². The highest BCUT2D eigenvalue weighted by Gasteiger charge is 2.23. The number of benzene rings is 1. The molecule has 0 spiro atoms. The van der Waals surface area contributed by atoms with E-state index in [1.165, 1.54) is 27.7 Å². The number of rotatable bonds is 3. The second-order valence-corrected chi connectivity index (χ2v) is 6.95. The van der Waals surface area contributed by atoms with E-state index in [0.717, 1.165) is 30.9 Å². The number of ketones is 1. The zero-order chi connectivity index (χ0) is 17.6. The van der Waals surface area contributed by atoms with Crippen LogP contribution in [0.3, 0.4) is 0 Å². The number of nitrogens with zero attached hydrogens (tertiary/aromatic N) is 3. The van der Waals surface area contributed by atoms with Gasteiger partial charge in [-0.15, -0.1) is 0 Å². The SMILES string of the molecule is CCC(=O)c1ccnc(-n2c3c(c4cc(C)ccc42)CN(C)CC3)c1. The van der Waals surface area contributed by atoms with Crippen LogP contribution in [0.4, 0.5) is 0 Å². The van der Waals surface area contributed by atoms with Crippen LogP contribution in [0.25, 0.3) is 16.7 Å². The number of Topliss-reactive ketones (excluding diaryl/α,β-unsaturated/α-hetero) is 1. The van der Waals surface area contributed by atoms with Crippen LogP contribution in [0.15, 0.2) is 36.5 Å². The zero-order valence-electron chi connectivity index (χ0n) is 15.0. The van der Waals surface area contributed by atoms with E-state index in [-0.39, 0.29) is 5.78 Å². The highest BCUT2D eigenvalue weighted by atomic mass is 16.1. The Hall–Kier alpha value is -2.46. The van der Waals surface area contributed by atoms with Crippen molar-refractivity contribution in [2.45, 2.75) is 33.2 Å². The number of aromatic nitrogens is 2. The van der Waals surface area contributed by atoms with Crippen molar-refractivity contribution in [3.05, 3.63) is 58.9 Å². The van der Waals surface area contributed by atoms with Crippen molar-refractivity contribution < 1.29 is 4.79 Å². The first kappa shape index (κ1) is 16.0. The molecule has 4 nitrogen and oxygen atoms in total. The van der Waals surface area contributed by atoms with Crippen LogP contribution in [0, 0.1) is 6.92 Å². The molecular weight excluding hydrogens is 310 g/mol. The molecule has 0 saturated carbocycles. The Bertz CT molecular complexity index is 971. The van der Waals surface area contributed by atoms with E-state index in [2.05, 4.69) is 46.6 Å². The van der Waals surface area contributed by atoms with Gasteiger partial charge in [0.1, 0.15) is 5.82 Å². The molecule has 1 aromatic carbocycles. The van der Waals surface area contributed by atoms with Crippen LogP contribution in [-0.2, 0) is 13.0 Å². The molecule has 1 aliphatic rings. The van der Waals surface area contributed by atoms with Crippen LogP contribution >= 0.6 is 0 Å². The molecule has 1 aliphatic heterocycles. The minimum absolute atomic E-state index is 0.157. The first-order valence-electron chi connectivity index (χ1n) is 8.89. The monoisotopic (exact) mass is 333 g/mol. The lowest BCUT2D eigenvalue weighted by molar-refractivity contribution is 0.0988. The predicted octanol–water partition coefficient (Wildman–Crippen LogP) is 3.91. The fourth-order valence-electron chi connectivity index (χ4n) is 3.79. The Morgan fingerprint density at radius 2 is 2.08 bits per heavy atom. The number of fused-ring (bicyclic) bond motifs is 3. The number of likely N-dealkylation sites (N-methyl/N-ethyl adjacent to an activating group) is 1. The summed E-state index contributed by atoms with van der Waals surface area (Å²) >= 11 is 0. The van der Waals surface area contributed by atoms with E-state index in [0.29, 0.717) is 6.42 Å². The van der Waals surface area contributed by atoms with Crippen molar-refractivity contribution in [3.63, 3.8) is 0 Å². The van der Waals surface area contributed by atoms with Crippen molar-refractivity contribution >= 4 is 16.7 Å². The van der Waals surface area contributed by atoms with Gasteiger partial charge < -0.3 is 4.90 Å². The molecule has 0 radical (unpaired) electrons. The molecule has 25 heavy (non-hydrogen) atoms. The maximum atomic E-state index is 12.1. The van der Waals surface area contributed by atoms with Crippen LogP contribution in [0.5, 0.6) is 0 Å². The molecule has 0 saturated heterocycles. The van der Waals surface area contributed by atoms with Crippen LogP contribution < -0.4 is 0 Å². The lowest BCUT2D eigenvalue weighted by Gasteiger charge is -2.24. The van der Waals surface area contributed by atoms with Gasteiger partial charge in [-0.05, 0) is 43.8 Å². The van der Waals surface area contributed by atoms with Gasteiger partial charge in [0.05, 0.1) is 5.52 Å². The molecule has 0 N–H and O–H groups in total. The Labute approximate surface area is 148 Å². The molecule has 4 heteroatoms. The summed E-state index contributed by atoms with van der Waals surface area (Å²) in [5.74, 6) is 1.00. The molecule has 2 aromatic heterocycles. The Morgan fingerprint density at radius 3 is 2.88 bits per heavy atom. The maximum absolute atomic E-state index is 12.1. The van der Waals surface area contributed by atoms with Gasteiger partial charge in [-0.2, -0.15) is 0 Å². The van der Waals surface area contributed by atoms with E-state index in [1.807, 2.05) is 19.1 Å². The van der Waals surface area contributed by atoms with Crippen molar-refractivity contribution in [1.29, 1.82) is 0 Å². The third-order valence-corrected chi connectivity index (χ3v) is 5.11. The van der Waals surface area contributed by atoms with Gasteiger partial charge in [0.15, 0.2) is 5.78 Å². The first-order valence-corrected chi connectivity index (χ1v) is 8.89. The number of hydrogen-bond donors (Lipinski definition) is 0. The molecule has 0 aliphatic carbocycles. The fraction of sp³-hybridized carbons (Fsp3) is 0.333. The fourth-order valence-corrected chi connectivity index (χ4v) is 3.79. The van der Waals surface area contributed by atoms with Gasteiger partial charge in [-0.3, -0.25) is 9.36 Å². The smallest absolute Gasteiger partial charge is 0.162 e. The third-order valence-electron chi connectivity index (χ3n) is 5.11. The molecule has 4 rings (SSSR count). The summed E-state index contributed by atoms with van der Waals surface area (Å²) in [4.78, 5) is 19.1. The Kier molecular flexibility index (Phi) is 3.92. The van der Waals surface area contributed by atoms with Gasteiger partial charge in [-0.1, -0.05) is 18.6 Å². The summed E-state index contributed by atoms with van der Waals surface area (Å²) < 4.78 is 2.25. The molecule has 3 heterocycles. The maximum Gasteiger partial charge on any atom is 0.162 e. The summed E-state index contributed by atoms with van der Waals surface area (Å²) in [7, 11) is 2.17. The van der Waals surface area contributed by atoms with E-state index in [9.17, 15) is 4.79 Å². The Balaban J connectivity index is 1.98. The van der Waals surface area contributed by atoms with Crippen LogP contribution in [0.2, 0.25) is 0 Å². The number of pyridine rings is 1. The summed E-state index contributed by atoms with van der Waals surface area (Å²) in [6, 6.07) is 10.3. The first-order chi connectivity index (χ1) is 12.1. The normalized spacial score (nSPS) is 14.7. The lowest BCUT2D eigenvalue weighted by Crippen LogP contribution is -2.27. The lowest BCUT2D eigenvalue weighted by atomic mass is 10.0. The highest BCUT2D eigenvalue weighted by Crippen LogP contribution is 2.33. The van der Waals surface area contributed by atoms with Gasteiger partial charge in [-0.25, -0.2) is 4.98 Å². The zero-order valence-corrected chi connectivity index (χ0v) is 15.0. The molecular formula is C21H23N3O. The average Bonchev–Trinajstić information content (AvgIpc) is 2.94. The van der Waals surface area contributed by atoms with Crippen molar-refractivity contribution in [1.82, 2.24) is 14.5 Å². The minimum atomic E-state index is 0.157. The standard InChI is InChI=1S/C21H23N3O/c1-4-20(25)15-7-9-22-21(12-15)24-18-6-5-14(2)11-16(18)17-13-23(3)10-8-19(17)24/h5-7,9,11-12H,4,8,10,13H2,1-3H3. The summed E-state index contributed by atoms with van der Waals surface area (Å²) in [5, 5.41) is 1.30. The van der Waals surface area contributed by atoms with E-state index >= 15 is 0 Å². The largest absolute Gasteiger partial charge is 0.302 e. The molecule has 0 bridgehead atoms. The predicted molar refractivity (Wildman–Crippen MR) is 100 cm³/mol. The molecule has 0 atom stereocenters. The second-order valence-electron chi connectivity index (χ2n) is 6.95. The number of carbonyl (C=O) groups excluding carboxylic acids is 1. The second kappa shape index (κ2) is 6.12. The Morgan fingerprint density at radius 1 is 1.24 bits per heavy atom. The summed E-state index contributed by atoms with van der Waals surface area (Å²) in [6.45, 7) is 6.02. The van der Waals surface area contributed by atoms with Gasteiger partial charge in [0, 0.05) is 48.8 Å². The molecule has 0 unspecified atom stereocenters. The molecule has 0 fully saturated rings. The van der Waals surface area contributed by atoms with E-state index in [4.69, 9.17) is 0 Å². The average molecular weight is 333 g/mol. The van der Waals surface area contributed by atoms with Crippen molar-refractivity contribution in [3.8, 4) is 5.82 Å². The van der Waals surface area contributed by atoms with Gasteiger partial charge >= 0.3 is 0 Å². The van der Waals surface area contributed by atoms with Crippen LogP contribution in [-0.4, -0.2) is 33.8 Å². The van der Waals surface area contributed by atoms with Gasteiger partial charge in [0.25, 0.3) is 0 Å². The topological polar surface area (TPSA) is 38.1 Å². The highest BCUT2D eigenvalue weighted by molar-refractivity contribution is 5.96. The third kappa shape index (κ3) is 2.67.